The molecular formula is C14H11Cl2N5O4. The first-order chi connectivity index (χ1) is 11.9. The zero-order chi connectivity index (χ0) is 18.6. The lowest BCUT2D eigenvalue weighted by molar-refractivity contribution is -0.384. The third-order valence-electron chi connectivity index (χ3n) is 3.07. The second-order valence-electron chi connectivity index (χ2n) is 4.52. The van der Waals surface area contributed by atoms with E-state index in [0.29, 0.717) is 11.5 Å². The van der Waals surface area contributed by atoms with E-state index in [2.05, 4.69) is 15.3 Å². The average molecular weight is 384 g/mol. The van der Waals surface area contributed by atoms with Gasteiger partial charge in [-0.05, 0) is 0 Å². The Morgan fingerprint density at radius 2 is 1.52 bits per heavy atom. The highest BCUT2D eigenvalue weighted by atomic mass is 35.5. The number of non-ortho nitro benzene ring substituents is 1. The number of ether oxygens (including phenoxy) is 2. The highest BCUT2D eigenvalue weighted by Gasteiger charge is 2.15. The van der Waals surface area contributed by atoms with Gasteiger partial charge < -0.3 is 9.47 Å². The number of hydrogen-bond donors (Lipinski definition) is 1. The highest BCUT2D eigenvalue weighted by Crippen LogP contribution is 2.42. The SMILES string of the molecule is COc1cc(N=Nc2c(Cl)cc([N+](=O)[O-])cc2Cl)c(OC)cc1N=N. The van der Waals surface area contributed by atoms with Crippen LogP contribution in [0.3, 0.4) is 0 Å². The molecule has 0 spiro atoms. The van der Waals surface area contributed by atoms with Crippen molar-refractivity contribution in [2.45, 2.75) is 0 Å². The van der Waals surface area contributed by atoms with Crippen molar-refractivity contribution in [3.8, 4) is 11.5 Å². The number of azo groups is 1. The summed E-state index contributed by atoms with van der Waals surface area (Å²) in [6.07, 6.45) is 0. The van der Waals surface area contributed by atoms with E-state index in [9.17, 15) is 10.1 Å². The number of nitro benzene ring substituents is 1. The molecule has 0 aromatic heterocycles. The van der Waals surface area contributed by atoms with Crippen molar-refractivity contribution in [1.29, 1.82) is 5.53 Å². The molecule has 0 aliphatic rings. The molecule has 2 aromatic carbocycles. The van der Waals surface area contributed by atoms with Crippen molar-refractivity contribution in [3.05, 3.63) is 44.4 Å². The molecule has 25 heavy (non-hydrogen) atoms. The minimum atomic E-state index is -0.615. The van der Waals surface area contributed by atoms with Crippen LogP contribution in [0, 0.1) is 15.6 Å². The standard InChI is InChI=1S/C14H11Cl2N5O4/c1-24-12-6-11(13(25-2)5-10(12)18-17)19-20-14-8(15)3-7(21(22)23)4-9(14)16/h3-6,17H,1-2H3. The van der Waals surface area contributed by atoms with Crippen LogP contribution in [0.25, 0.3) is 0 Å². The van der Waals surface area contributed by atoms with Crippen LogP contribution in [0.4, 0.5) is 22.7 Å². The molecule has 0 saturated heterocycles. The molecule has 130 valence electrons. The van der Waals surface area contributed by atoms with Gasteiger partial charge in [0.15, 0.2) is 0 Å². The third-order valence-corrected chi connectivity index (χ3v) is 3.65. The number of nitrogens with one attached hydrogen (secondary N) is 1. The van der Waals surface area contributed by atoms with Crippen LogP contribution in [0.1, 0.15) is 0 Å². The molecule has 1 N–H and O–H groups in total. The van der Waals surface area contributed by atoms with Crippen LogP contribution in [0.2, 0.25) is 10.0 Å². The molecule has 0 aliphatic heterocycles. The fourth-order valence-electron chi connectivity index (χ4n) is 1.89. The van der Waals surface area contributed by atoms with Gasteiger partial charge in [0.2, 0.25) is 0 Å². The van der Waals surface area contributed by atoms with Crippen LogP contribution >= 0.6 is 23.2 Å². The van der Waals surface area contributed by atoms with Crippen molar-refractivity contribution in [1.82, 2.24) is 0 Å². The monoisotopic (exact) mass is 383 g/mol. The molecular weight excluding hydrogens is 373 g/mol. The summed E-state index contributed by atoms with van der Waals surface area (Å²) < 4.78 is 10.3. The molecule has 0 amide bonds. The molecule has 0 radical (unpaired) electrons. The van der Waals surface area contributed by atoms with Crippen molar-refractivity contribution >= 4 is 46.0 Å². The predicted molar refractivity (Wildman–Crippen MR) is 91.6 cm³/mol. The quantitative estimate of drug-likeness (QED) is 0.373. The number of methoxy groups -OCH3 is 2. The van der Waals surface area contributed by atoms with Gasteiger partial charge in [0.05, 0.1) is 29.2 Å². The fraction of sp³-hybridized carbons (Fsp3) is 0.143. The molecule has 0 saturated carbocycles. The molecule has 11 heteroatoms. The Balaban J connectivity index is 2.49. The predicted octanol–water partition coefficient (Wildman–Crippen LogP) is 6.00. The molecule has 0 heterocycles. The fourth-order valence-corrected chi connectivity index (χ4v) is 2.44. The molecule has 0 unspecified atom stereocenters. The Kier molecular flexibility index (Phi) is 5.84. The Morgan fingerprint density at radius 1 is 1.00 bits per heavy atom. The van der Waals surface area contributed by atoms with Crippen molar-refractivity contribution in [2.24, 2.45) is 15.3 Å². The van der Waals surface area contributed by atoms with E-state index in [1.165, 1.54) is 26.4 Å². The van der Waals surface area contributed by atoms with E-state index in [0.717, 1.165) is 12.1 Å². The van der Waals surface area contributed by atoms with Gasteiger partial charge in [0, 0.05) is 24.3 Å². The minimum absolute atomic E-state index is 0.0216. The molecule has 0 atom stereocenters. The number of hydrogen-bond acceptors (Lipinski definition) is 8. The summed E-state index contributed by atoms with van der Waals surface area (Å²) in [5.74, 6) is 0.593. The topological polar surface area (TPSA) is 123 Å². The van der Waals surface area contributed by atoms with Gasteiger partial charge in [-0.2, -0.15) is 5.11 Å². The van der Waals surface area contributed by atoms with E-state index >= 15 is 0 Å². The Labute approximate surface area is 151 Å². The van der Waals surface area contributed by atoms with Gasteiger partial charge in [-0.15, -0.1) is 10.2 Å². The van der Waals surface area contributed by atoms with Crippen LogP contribution in [0.15, 0.2) is 39.6 Å². The first-order valence-electron chi connectivity index (χ1n) is 6.60. The van der Waals surface area contributed by atoms with Gasteiger partial charge in [-0.3, -0.25) is 10.1 Å². The summed E-state index contributed by atoms with van der Waals surface area (Å²) in [6, 6.07) is 5.19. The number of nitrogens with zero attached hydrogens (tertiary/aromatic N) is 4. The summed E-state index contributed by atoms with van der Waals surface area (Å²) in [7, 11) is 2.84. The van der Waals surface area contributed by atoms with Crippen LogP contribution in [0.5, 0.6) is 11.5 Å². The normalized spacial score (nSPS) is 10.7. The van der Waals surface area contributed by atoms with E-state index in [1.54, 1.807) is 0 Å². The second kappa shape index (κ2) is 7.86. The van der Waals surface area contributed by atoms with Gasteiger partial charge >= 0.3 is 0 Å². The van der Waals surface area contributed by atoms with Crippen molar-refractivity contribution in [3.63, 3.8) is 0 Å². The van der Waals surface area contributed by atoms with E-state index in [-0.39, 0.29) is 32.8 Å². The summed E-state index contributed by atoms with van der Waals surface area (Å²) in [5, 5.41) is 22.0. The highest BCUT2D eigenvalue weighted by molar-refractivity contribution is 6.39. The van der Waals surface area contributed by atoms with E-state index < -0.39 is 4.92 Å². The van der Waals surface area contributed by atoms with Gasteiger partial charge in [-0.25, -0.2) is 5.53 Å². The molecule has 2 rings (SSSR count). The number of benzene rings is 2. The maximum atomic E-state index is 10.8. The van der Waals surface area contributed by atoms with Gasteiger partial charge in [0.25, 0.3) is 5.69 Å². The lowest BCUT2D eigenvalue weighted by atomic mass is 10.2. The summed E-state index contributed by atoms with van der Waals surface area (Å²) >= 11 is 12.0. The first-order valence-corrected chi connectivity index (χ1v) is 7.35. The number of rotatable bonds is 6. The molecule has 0 bridgehead atoms. The Bertz CT molecular complexity index is 850. The number of halogens is 2. The van der Waals surface area contributed by atoms with Crippen LogP contribution in [-0.4, -0.2) is 19.1 Å². The van der Waals surface area contributed by atoms with Crippen LogP contribution < -0.4 is 9.47 Å². The summed E-state index contributed by atoms with van der Waals surface area (Å²) in [4.78, 5) is 10.2. The molecule has 0 fully saturated rings. The van der Waals surface area contributed by atoms with Gasteiger partial charge in [0.1, 0.15) is 28.6 Å². The maximum absolute atomic E-state index is 10.8. The average Bonchev–Trinajstić information content (AvgIpc) is 2.59. The molecule has 2 aromatic rings. The first kappa shape index (κ1) is 18.6. The maximum Gasteiger partial charge on any atom is 0.272 e. The zero-order valence-corrected chi connectivity index (χ0v) is 14.5. The van der Waals surface area contributed by atoms with Crippen molar-refractivity contribution in [2.75, 3.05) is 14.2 Å². The van der Waals surface area contributed by atoms with Gasteiger partial charge in [-0.1, -0.05) is 23.2 Å². The lowest BCUT2D eigenvalue weighted by Gasteiger charge is -2.08. The number of nitro groups is 1. The van der Waals surface area contributed by atoms with E-state index in [4.69, 9.17) is 38.2 Å². The van der Waals surface area contributed by atoms with Crippen LogP contribution in [-0.2, 0) is 0 Å². The minimum Gasteiger partial charge on any atom is -0.494 e. The zero-order valence-electron chi connectivity index (χ0n) is 13.0. The second-order valence-corrected chi connectivity index (χ2v) is 5.34. The lowest BCUT2D eigenvalue weighted by Crippen LogP contribution is -1.88. The molecule has 0 aliphatic carbocycles. The van der Waals surface area contributed by atoms with Crippen molar-refractivity contribution < 1.29 is 14.4 Å². The molecule has 9 nitrogen and oxygen atoms in total. The smallest absolute Gasteiger partial charge is 0.272 e. The Hall–Kier alpha value is -2.78. The summed E-state index contributed by atoms with van der Waals surface area (Å²) in [5.41, 5.74) is 7.47. The Morgan fingerprint density at radius 3 is 2.00 bits per heavy atom. The third kappa shape index (κ3) is 4.01. The largest absolute Gasteiger partial charge is 0.494 e. The van der Waals surface area contributed by atoms with E-state index in [1.807, 2.05) is 0 Å². The summed E-state index contributed by atoms with van der Waals surface area (Å²) in [6.45, 7) is 0.